The fourth-order valence-corrected chi connectivity index (χ4v) is 3.83. The number of aliphatic hydroxyl groups is 1. The molecule has 2 aliphatic heterocycles. The van der Waals surface area contributed by atoms with Gasteiger partial charge >= 0.3 is 5.97 Å². The number of allylic oxidation sites excluding steroid dienone is 1. The molecule has 0 amide bonds. The maximum absolute atomic E-state index is 13.0. The summed E-state index contributed by atoms with van der Waals surface area (Å²) in [5.41, 5.74) is 1.03. The molecule has 7 nitrogen and oxygen atoms in total. The number of carbonyl (C=O) groups is 1. The van der Waals surface area contributed by atoms with Crippen LogP contribution >= 0.6 is 0 Å². The van der Waals surface area contributed by atoms with E-state index in [1.165, 1.54) is 7.11 Å². The molecule has 0 saturated carbocycles. The van der Waals surface area contributed by atoms with E-state index in [0.29, 0.717) is 23.3 Å². The normalized spacial score (nSPS) is 32.6. The number of ether oxygens (including phenoxy) is 5. The summed E-state index contributed by atoms with van der Waals surface area (Å²) in [6, 6.07) is 5.37. The van der Waals surface area contributed by atoms with Gasteiger partial charge in [-0.1, -0.05) is 50.3 Å². The summed E-state index contributed by atoms with van der Waals surface area (Å²) in [5.74, 6) is -0.710. The molecule has 176 valence electrons. The lowest BCUT2D eigenvalue weighted by molar-refractivity contribution is -0.152. The van der Waals surface area contributed by atoms with Crippen molar-refractivity contribution < 1.29 is 33.6 Å². The van der Waals surface area contributed by atoms with Crippen LogP contribution in [0.3, 0.4) is 0 Å². The molecule has 0 aromatic heterocycles. The number of carbonyl (C=O) groups excluding carboxylic acids is 1. The highest BCUT2D eigenvalue weighted by Gasteiger charge is 2.43. The van der Waals surface area contributed by atoms with Gasteiger partial charge in [0.15, 0.2) is 12.6 Å². The minimum absolute atomic E-state index is 0.0214. The lowest BCUT2D eigenvalue weighted by Gasteiger charge is -2.21. The van der Waals surface area contributed by atoms with Crippen LogP contribution in [0.1, 0.15) is 50.0 Å². The maximum atomic E-state index is 13.0. The first-order chi connectivity index (χ1) is 15.2. The maximum Gasteiger partial charge on any atom is 0.342 e. The van der Waals surface area contributed by atoms with Gasteiger partial charge in [0.2, 0.25) is 0 Å². The standard InChI is InChI=1S/C25H34O7/c1-16-12-13-19(26)23-21(31-25(3,4)32-23)11-7-9-18-8-6-10-20(30-15-28-5)22(18)24(27)29-14-17(16)2/h6-10,12-13,16-17,19,21,23,26H,11,14-15H2,1-5H3/b9-7+,13-12-/t16-,17+,19?,21+,23-/m1/s1. The molecule has 5 atom stereocenters. The lowest BCUT2D eigenvalue weighted by Crippen LogP contribution is -2.34. The second kappa shape index (κ2) is 10.6. The average Bonchev–Trinajstić information content (AvgIpc) is 3.07. The SMILES string of the molecule is COCOc1cccc2c1C(=O)OC[C@H](C)[C@H](C)/C=C\C(O)[C@H]1OC(C)(C)O[C@H]1C/C=C/2. The number of cyclic esters (lactones) is 1. The average molecular weight is 447 g/mol. The van der Waals surface area contributed by atoms with E-state index in [2.05, 4.69) is 0 Å². The van der Waals surface area contributed by atoms with Crippen molar-refractivity contribution in [2.24, 2.45) is 11.8 Å². The number of esters is 1. The predicted molar refractivity (Wildman–Crippen MR) is 120 cm³/mol. The molecule has 2 aliphatic rings. The van der Waals surface area contributed by atoms with Crippen LogP contribution in [0.2, 0.25) is 0 Å². The number of hydrogen-bond acceptors (Lipinski definition) is 7. The Hall–Kier alpha value is -2.19. The van der Waals surface area contributed by atoms with E-state index in [1.54, 1.807) is 12.1 Å². The quantitative estimate of drug-likeness (QED) is 0.428. The minimum Gasteiger partial charge on any atom is -0.467 e. The molecule has 1 unspecified atom stereocenters. The number of fused-ring (bicyclic) bond motifs is 2. The van der Waals surface area contributed by atoms with Crippen molar-refractivity contribution in [3.05, 3.63) is 47.6 Å². The van der Waals surface area contributed by atoms with E-state index in [1.807, 2.05) is 58.1 Å². The molecule has 0 aliphatic carbocycles. The fraction of sp³-hybridized carbons (Fsp3) is 0.560. The Morgan fingerprint density at radius 3 is 2.72 bits per heavy atom. The van der Waals surface area contributed by atoms with Gasteiger partial charge in [-0.25, -0.2) is 4.79 Å². The number of benzene rings is 1. The summed E-state index contributed by atoms with van der Waals surface area (Å²) < 4.78 is 28.3. The lowest BCUT2D eigenvalue weighted by atomic mass is 9.95. The number of hydrogen-bond donors (Lipinski definition) is 1. The van der Waals surface area contributed by atoms with Crippen LogP contribution < -0.4 is 4.74 Å². The highest BCUT2D eigenvalue weighted by molar-refractivity contribution is 5.96. The van der Waals surface area contributed by atoms with Gasteiger partial charge in [-0.3, -0.25) is 0 Å². The summed E-state index contributed by atoms with van der Waals surface area (Å²) in [6.07, 6.45) is 6.31. The molecule has 1 aromatic rings. The van der Waals surface area contributed by atoms with Gasteiger partial charge in [-0.15, -0.1) is 0 Å². The summed E-state index contributed by atoms with van der Waals surface area (Å²) in [7, 11) is 1.52. The molecule has 1 saturated heterocycles. The van der Waals surface area contributed by atoms with E-state index >= 15 is 0 Å². The van der Waals surface area contributed by atoms with E-state index in [4.69, 9.17) is 23.7 Å². The van der Waals surface area contributed by atoms with E-state index < -0.39 is 24.0 Å². The van der Waals surface area contributed by atoms with Crippen LogP contribution in [0.25, 0.3) is 6.08 Å². The molecule has 3 rings (SSSR count). The first kappa shape index (κ1) is 24.5. The van der Waals surface area contributed by atoms with Crippen molar-refractivity contribution in [3.8, 4) is 5.75 Å². The number of aliphatic hydroxyl groups excluding tert-OH is 1. The monoisotopic (exact) mass is 446 g/mol. The smallest absolute Gasteiger partial charge is 0.342 e. The Labute approximate surface area is 189 Å². The van der Waals surface area contributed by atoms with Crippen molar-refractivity contribution >= 4 is 12.0 Å². The molecule has 1 N–H and O–H groups in total. The Bertz CT molecular complexity index is 845. The Morgan fingerprint density at radius 2 is 1.97 bits per heavy atom. The van der Waals surface area contributed by atoms with Crippen molar-refractivity contribution in [1.82, 2.24) is 0 Å². The van der Waals surface area contributed by atoms with Crippen LogP contribution in [0.5, 0.6) is 5.75 Å². The predicted octanol–water partition coefficient (Wildman–Crippen LogP) is 3.95. The second-order valence-electron chi connectivity index (χ2n) is 8.86. The second-order valence-corrected chi connectivity index (χ2v) is 8.86. The van der Waals surface area contributed by atoms with Crippen LogP contribution in [0.15, 0.2) is 36.4 Å². The van der Waals surface area contributed by atoms with Crippen LogP contribution in [-0.2, 0) is 18.9 Å². The van der Waals surface area contributed by atoms with Gasteiger partial charge in [0.1, 0.15) is 23.5 Å². The molecule has 0 radical (unpaired) electrons. The van der Waals surface area contributed by atoms with Gasteiger partial charge in [0.05, 0.1) is 12.7 Å². The first-order valence-corrected chi connectivity index (χ1v) is 11.0. The molecule has 32 heavy (non-hydrogen) atoms. The van der Waals surface area contributed by atoms with Gasteiger partial charge in [0.25, 0.3) is 0 Å². The Balaban J connectivity index is 1.97. The van der Waals surface area contributed by atoms with Crippen molar-refractivity contribution in [1.29, 1.82) is 0 Å². The molecule has 0 spiro atoms. The molecule has 2 heterocycles. The van der Waals surface area contributed by atoms with Gasteiger partial charge in [-0.05, 0) is 43.7 Å². The van der Waals surface area contributed by atoms with Crippen molar-refractivity contribution in [3.63, 3.8) is 0 Å². The third kappa shape index (κ3) is 5.98. The van der Waals surface area contributed by atoms with E-state index in [-0.39, 0.29) is 31.3 Å². The summed E-state index contributed by atoms with van der Waals surface area (Å²) in [4.78, 5) is 13.0. The van der Waals surface area contributed by atoms with Crippen molar-refractivity contribution in [2.45, 2.75) is 58.2 Å². The highest BCUT2D eigenvalue weighted by Crippen LogP contribution is 2.33. The first-order valence-electron chi connectivity index (χ1n) is 11.0. The third-order valence-corrected chi connectivity index (χ3v) is 5.81. The minimum atomic E-state index is -0.807. The largest absolute Gasteiger partial charge is 0.467 e. The highest BCUT2D eigenvalue weighted by atomic mass is 16.8. The van der Waals surface area contributed by atoms with Gasteiger partial charge in [0, 0.05) is 7.11 Å². The van der Waals surface area contributed by atoms with Crippen LogP contribution in [0.4, 0.5) is 0 Å². The van der Waals surface area contributed by atoms with Gasteiger partial charge < -0.3 is 28.8 Å². The Kier molecular flexibility index (Phi) is 8.11. The molecular weight excluding hydrogens is 412 g/mol. The zero-order valence-electron chi connectivity index (χ0n) is 19.4. The Morgan fingerprint density at radius 1 is 1.19 bits per heavy atom. The summed E-state index contributed by atoms with van der Waals surface area (Å²) in [5, 5.41) is 10.8. The third-order valence-electron chi connectivity index (χ3n) is 5.81. The molecule has 0 bridgehead atoms. The fourth-order valence-electron chi connectivity index (χ4n) is 3.83. The summed E-state index contributed by atoms with van der Waals surface area (Å²) in [6.45, 7) is 7.97. The topological polar surface area (TPSA) is 83.5 Å². The molecule has 7 heteroatoms. The molecule has 1 fully saturated rings. The van der Waals surface area contributed by atoms with Crippen LogP contribution in [0, 0.1) is 11.8 Å². The summed E-state index contributed by atoms with van der Waals surface area (Å²) >= 11 is 0. The molecule has 1 aromatic carbocycles. The van der Waals surface area contributed by atoms with Crippen molar-refractivity contribution in [2.75, 3.05) is 20.5 Å². The number of rotatable bonds is 3. The zero-order valence-corrected chi connectivity index (χ0v) is 19.4. The number of methoxy groups -OCH3 is 1. The van der Waals surface area contributed by atoms with E-state index in [0.717, 1.165) is 0 Å². The van der Waals surface area contributed by atoms with Crippen LogP contribution in [-0.4, -0.2) is 55.7 Å². The molecular formula is C25H34O7. The zero-order chi connectivity index (χ0) is 23.3. The van der Waals surface area contributed by atoms with E-state index in [9.17, 15) is 9.90 Å². The van der Waals surface area contributed by atoms with Gasteiger partial charge in [-0.2, -0.15) is 0 Å².